The minimum atomic E-state index is -0.538. The van der Waals surface area contributed by atoms with Gasteiger partial charge in [0, 0.05) is 18.7 Å². The highest BCUT2D eigenvalue weighted by atomic mass is 16.6. The lowest BCUT2D eigenvalue weighted by molar-refractivity contribution is -0.389. The number of hydrogen-bond donors (Lipinski definition) is 2. The summed E-state index contributed by atoms with van der Waals surface area (Å²) in [6, 6.07) is 3.03. The number of nitrogens with zero attached hydrogens (tertiary/aromatic N) is 2. The van der Waals surface area contributed by atoms with Gasteiger partial charge < -0.3 is 20.5 Å². The van der Waals surface area contributed by atoms with Crippen LogP contribution in [0, 0.1) is 16.0 Å². The lowest BCUT2D eigenvalue weighted by atomic mass is 10.1. The fraction of sp³-hybridized carbons (Fsp3) is 0.500. The van der Waals surface area contributed by atoms with Crippen molar-refractivity contribution in [2.75, 3.05) is 11.9 Å². The highest BCUT2D eigenvalue weighted by Gasteiger charge is 2.12. The average molecular weight is 225 g/mol. The van der Waals surface area contributed by atoms with Crippen molar-refractivity contribution in [1.29, 1.82) is 0 Å². The van der Waals surface area contributed by atoms with Crippen molar-refractivity contribution in [2.24, 2.45) is 5.92 Å². The summed E-state index contributed by atoms with van der Waals surface area (Å²) in [5.41, 5.74) is 0.707. The summed E-state index contributed by atoms with van der Waals surface area (Å²) in [5.74, 6) is -0.0661. The Morgan fingerprint density at radius 2 is 2.25 bits per heavy atom. The number of aromatic nitrogens is 1. The molecular weight excluding hydrogens is 210 g/mol. The molecule has 1 rings (SSSR count). The molecular formula is C10H15N3O3. The van der Waals surface area contributed by atoms with Gasteiger partial charge in [-0.05, 0) is 28.8 Å². The van der Waals surface area contributed by atoms with Crippen molar-refractivity contribution in [3.63, 3.8) is 0 Å². The molecule has 2 N–H and O–H groups in total. The molecule has 0 saturated carbocycles. The van der Waals surface area contributed by atoms with Gasteiger partial charge >= 0.3 is 5.82 Å². The zero-order chi connectivity index (χ0) is 12.1. The first-order valence-corrected chi connectivity index (χ1v) is 5.02. The van der Waals surface area contributed by atoms with Gasteiger partial charge in [-0.1, -0.05) is 6.92 Å². The Kier molecular flexibility index (Phi) is 4.19. The van der Waals surface area contributed by atoms with Gasteiger partial charge in [0.15, 0.2) is 6.20 Å². The Hall–Kier alpha value is -1.69. The molecule has 0 amide bonds. The van der Waals surface area contributed by atoms with Crippen molar-refractivity contribution in [3.8, 4) is 0 Å². The van der Waals surface area contributed by atoms with Crippen LogP contribution in [0.2, 0.25) is 0 Å². The van der Waals surface area contributed by atoms with Crippen molar-refractivity contribution < 1.29 is 10.0 Å². The normalized spacial score (nSPS) is 14.2. The molecule has 2 unspecified atom stereocenters. The number of nitrogens with one attached hydrogen (secondary N) is 1. The van der Waals surface area contributed by atoms with Crippen molar-refractivity contribution in [2.45, 2.75) is 19.9 Å². The fourth-order valence-electron chi connectivity index (χ4n) is 1.14. The summed E-state index contributed by atoms with van der Waals surface area (Å²) in [5, 5.41) is 22.4. The number of anilines is 1. The first-order valence-electron chi connectivity index (χ1n) is 5.02. The van der Waals surface area contributed by atoms with E-state index in [1.807, 2.05) is 13.8 Å². The lowest BCUT2D eigenvalue weighted by Crippen LogP contribution is -2.26. The summed E-state index contributed by atoms with van der Waals surface area (Å²) in [7, 11) is 0. The Morgan fingerprint density at radius 1 is 1.56 bits per heavy atom. The van der Waals surface area contributed by atoms with Gasteiger partial charge in [0.2, 0.25) is 0 Å². The summed E-state index contributed by atoms with van der Waals surface area (Å²) in [6.07, 6.45) is 1.42. The standard InChI is InChI=1S/C10H15N3O3/c1-7(6-14)8(2)12-9-3-4-10(11-5-9)13(15)16/h3-5,7-8,12,14H,6H2,1-2H3. The third kappa shape index (κ3) is 3.16. The van der Waals surface area contributed by atoms with E-state index in [1.165, 1.54) is 12.3 Å². The quantitative estimate of drug-likeness (QED) is 0.584. The van der Waals surface area contributed by atoms with Crippen molar-refractivity contribution in [3.05, 3.63) is 28.4 Å². The number of aliphatic hydroxyl groups excluding tert-OH is 1. The predicted octanol–water partition coefficient (Wildman–Crippen LogP) is 1.42. The van der Waals surface area contributed by atoms with Gasteiger partial charge in [0.25, 0.3) is 0 Å². The van der Waals surface area contributed by atoms with Crippen LogP contribution in [0.4, 0.5) is 11.5 Å². The van der Waals surface area contributed by atoms with Gasteiger partial charge in [0.05, 0.1) is 5.69 Å². The van der Waals surface area contributed by atoms with Gasteiger partial charge in [-0.2, -0.15) is 0 Å². The molecule has 0 radical (unpaired) electrons. The van der Waals surface area contributed by atoms with Crippen LogP contribution >= 0.6 is 0 Å². The van der Waals surface area contributed by atoms with Crippen LogP contribution in [0.3, 0.4) is 0 Å². The number of nitro groups is 1. The maximum Gasteiger partial charge on any atom is 0.363 e. The first kappa shape index (κ1) is 12.4. The lowest BCUT2D eigenvalue weighted by Gasteiger charge is -2.19. The molecule has 0 bridgehead atoms. The molecule has 0 spiro atoms. The second-order valence-corrected chi connectivity index (χ2v) is 3.76. The molecule has 0 aliphatic carbocycles. The zero-order valence-corrected chi connectivity index (χ0v) is 9.25. The Balaban J connectivity index is 2.65. The van der Waals surface area contributed by atoms with Crippen molar-refractivity contribution >= 4 is 11.5 Å². The molecule has 1 aromatic heterocycles. The van der Waals surface area contributed by atoms with E-state index in [0.717, 1.165) is 0 Å². The van der Waals surface area contributed by atoms with Gasteiger partial charge in [-0.3, -0.25) is 0 Å². The monoisotopic (exact) mass is 225 g/mol. The molecule has 0 fully saturated rings. The van der Waals surface area contributed by atoms with Crippen LogP contribution < -0.4 is 5.32 Å². The molecule has 16 heavy (non-hydrogen) atoms. The predicted molar refractivity (Wildman–Crippen MR) is 60.2 cm³/mol. The van der Waals surface area contributed by atoms with Crippen LogP contribution in [-0.4, -0.2) is 27.7 Å². The zero-order valence-electron chi connectivity index (χ0n) is 9.25. The summed E-state index contributed by atoms with van der Waals surface area (Å²) >= 11 is 0. The van der Waals surface area contributed by atoms with E-state index in [1.54, 1.807) is 6.07 Å². The third-order valence-electron chi connectivity index (χ3n) is 2.47. The Bertz CT molecular complexity index is 353. The molecule has 0 aliphatic rings. The molecule has 0 aliphatic heterocycles. The molecule has 1 heterocycles. The maximum atomic E-state index is 10.4. The summed E-state index contributed by atoms with van der Waals surface area (Å²) in [4.78, 5) is 13.5. The topological polar surface area (TPSA) is 88.3 Å². The number of rotatable bonds is 5. The van der Waals surface area contributed by atoms with Crippen LogP contribution in [0.5, 0.6) is 0 Å². The summed E-state index contributed by atoms with van der Waals surface area (Å²) in [6.45, 7) is 3.94. The van der Waals surface area contributed by atoms with E-state index in [2.05, 4.69) is 10.3 Å². The van der Waals surface area contributed by atoms with Gasteiger partial charge in [0.1, 0.15) is 0 Å². The Morgan fingerprint density at radius 3 is 2.69 bits per heavy atom. The minimum absolute atomic E-state index is 0.0771. The second-order valence-electron chi connectivity index (χ2n) is 3.76. The molecule has 88 valence electrons. The second kappa shape index (κ2) is 5.41. The first-order chi connectivity index (χ1) is 7.54. The molecule has 1 aromatic rings. The fourth-order valence-corrected chi connectivity index (χ4v) is 1.14. The summed E-state index contributed by atoms with van der Waals surface area (Å²) < 4.78 is 0. The Labute approximate surface area is 93.5 Å². The third-order valence-corrected chi connectivity index (χ3v) is 2.47. The van der Waals surface area contributed by atoms with E-state index >= 15 is 0 Å². The van der Waals surface area contributed by atoms with E-state index in [0.29, 0.717) is 5.69 Å². The average Bonchev–Trinajstić information content (AvgIpc) is 2.28. The molecule has 6 nitrogen and oxygen atoms in total. The number of hydrogen-bond acceptors (Lipinski definition) is 5. The highest BCUT2D eigenvalue weighted by molar-refractivity contribution is 5.44. The van der Waals surface area contributed by atoms with Crippen LogP contribution in [0.15, 0.2) is 18.3 Å². The van der Waals surface area contributed by atoms with Gasteiger partial charge in [-0.25, -0.2) is 0 Å². The molecule has 2 atom stereocenters. The molecule has 6 heteroatoms. The number of pyridine rings is 1. The van der Waals surface area contributed by atoms with E-state index in [4.69, 9.17) is 5.11 Å². The van der Waals surface area contributed by atoms with E-state index < -0.39 is 4.92 Å². The van der Waals surface area contributed by atoms with Crippen LogP contribution in [-0.2, 0) is 0 Å². The smallest absolute Gasteiger partial charge is 0.363 e. The van der Waals surface area contributed by atoms with Crippen molar-refractivity contribution in [1.82, 2.24) is 4.98 Å². The molecule has 0 saturated heterocycles. The maximum absolute atomic E-state index is 10.4. The minimum Gasteiger partial charge on any atom is -0.396 e. The van der Waals surface area contributed by atoms with E-state index in [-0.39, 0.29) is 24.4 Å². The van der Waals surface area contributed by atoms with Crippen LogP contribution in [0.1, 0.15) is 13.8 Å². The largest absolute Gasteiger partial charge is 0.396 e. The number of aliphatic hydroxyl groups is 1. The highest BCUT2D eigenvalue weighted by Crippen LogP contribution is 2.14. The molecule has 0 aromatic carbocycles. The van der Waals surface area contributed by atoms with Gasteiger partial charge in [-0.15, -0.1) is 0 Å². The van der Waals surface area contributed by atoms with E-state index in [9.17, 15) is 10.1 Å². The van der Waals surface area contributed by atoms with Crippen LogP contribution in [0.25, 0.3) is 0 Å². The SMILES string of the molecule is CC(CO)C(C)Nc1ccc([N+](=O)[O-])nc1.